The first-order chi connectivity index (χ1) is 21.1. The van der Waals surface area contributed by atoms with Crippen molar-refractivity contribution in [2.75, 3.05) is 10.0 Å². The number of halogens is 2. The molecule has 2 N–H and O–H groups in total. The number of esters is 1. The van der Waals surface area contributed by atoms with Crippen molar-refractivity contribution in [3.05, 3.63) is 103 Å². The van der Waals surface area contributed by atoms with Crippen LogP contribution in [0, 0.1) is 18.6 Å². The van der Waals surface area contributed by atoms with Crippen LogP contribution in [0.4, 0.5) is 20.2 Å². The molecule has 222 valence electrons. The van der Waals surface area contributed by atoms with Gasteiger partial charge in [0.1, 0.15) is 16.5 Å². The Bertz CT molecular complexity index is 2050. The first-order valence-electron chi connectivity index (χ1n) is 13.5. The van der Waals surface area contributed by atoms with Gasteiger partial charge in [0.25, 0.3) is 15.9 Å². The molecular formula is C32H24F2N4O5S. The van der Waals surface area contributed by atoms with Crippen LogP contribution in [-0.2, 0) is 24.3 Å². The molecule has 1 fully saturated rings. The Morgan fingerprint density at radius 3 is 2.43 bits per heavy atom. The number of nitrogens with zero attached hydrogens (tertiary/aromatic N) is 2. The standard InChI is InChI=1S/C32H24F2N4O5S/c1-18-28(38-44(41,42)30-10-5-22(33)16-26(30)34)15-21(17-36-18)20-4-8-27-25(14-20)24(12-13-35-27)19-2-6-23(7-3-19)37-32(40)29-9-11-31(39)43-29/h2-8,10,12-17,29,38H,9,11H2,1H3,(H,37,40). The highest BCUT2D eigenvalue weighted by molar-refractivity contribution is 7.92. The maximum absolute atomic E-state index is 14.3. The largest absolute Gasteiger partial charge is 0.452 e. The SMILES string of the molecule is Cc1ncc(-c2ccc3nccc(-c4ccc(NC(=O)C5CCC(=O)O5)cc4)c3c2)cc1NS(=O)(=O)c1ccc(F)cc1F. The minimum Gasteiger partial charge on any atom is -0.452 e. The van der Waals surface area contributed by atoms with E-state index in [0.29, 0.717) is 29.4 Å². The average molecular weight is 615 g/mol. The molecule has 44 heavy (non-hydrogen) atoms. The molecule has 1 amide bonds. The Morgan fingerprint density at radius 2 is 1.70 bits per heavy atom. The molecule has 0 aliphatic carbocycles. The lowest BCUT2D eigenvalue weighted by Crippen LogP contribution is -2.27. The van der Waals surface area contributed by atoms with Gasteiger partial charge in [-0.2, -0.15) is 0 Å². The lowest BCUT2D eigenvalue weighted by molar-refractivity contribution is -0.146. The number of cyclic esters (lactones) is 1. The summed E-state index contributed by atoms with van der Waals surface area (Å²) in [4.78, 5) is 31.9. The van der Waals surface area contributed by atoms with Crippen molar-refractivity contribution >= 4 is 44.2 Å². The molecule has 12 heteroatoms. The number of aromatic nitrogens is 2. The topological polar surface area (TPSA) is 127 Å². The van der Waals surface area contributed by atoms with Crippen LogP contribution < -0.4 is 10.0 Å². The number of aryl methyl sites for hydroxylation is 1. The third-order valence-electron chi connectivity index (χ3n) is 7.23. The van der Waals surface area contributed by atoms with Crippen molar-refractivity contribution in [2.24, 2.45) is 0 Å². The predicted molar refractivity (Wildman–Crippen MR) is 160 cm³/mol. The third-order valence-corrected chi connectivity index (χ3v) is 8.63. The van der Waals surface area contributed by atoms with Crippen LogP contribution in [0.5, 0.6) is 0 Å². The number of hydrogen-bond acceptors (Lipinski definition) is 7. The summed E-state index contributed by atoms with van der Waals surface area (Å²) in [6, 6.07) is 18.5. The molecule has 2 aromatic heterocycles. The number of rotatable bonds is 7. The van der Waals surface area contributed by atoms with E-state index in [9.17, 15) is 26.8 Å². The van der Waals surface area contributed by atoms with Crippen molar-refractivity contribution in [1.29, 1.82) is 0 Å². The zero-order valence-electron chi connectivity index (χ0n) is 23.2. The molecular weight excluding hydrogens is 590 g/mol. The van der Waals surface area contributed by atoms with E-state index in [1.54, 1.807) is 37.5 Å². The van der Waals surface area contributed by atoms with Gasteiger partial charge in [0, 0.05) is 47.9 Å². The fraction of sp³-hybridized carbons (Fsp3) is 0.125. The van der Waals surface area contributed by atoms with Crippen molar-refractivity contribution in [2.45, 2.75) is 30.8 Å². The van der Waals surface area contributed by atoms with Gasteiger partial charge in [0.15, 0.2) is 6.10 Å². The number of fused-ring (bicyclic) bond motifs is 1. The summed E-state index contributed by atoms with van der Waals surface area (Å²) in [5, 5.41) is 3.59. The normalized spacial score (nSPS) is 14.8. The number of ether oxygens (including phenoxy) is 1. The molecule has 1 atom stereocenters. The van der Waals surface area contributed by atoms with E-state index < -0.39 is 32.7 Å². The molecule has 3 heterocycles. The maximum Gasteiger partial charge on any atom is 0.306 e. The van der Waals surface area contributed by atoms with E-state index in [2.05, 4.69) is 20.0 Å². The van der Waals surface area contributed by atoms with Gasteiger partial charge >= 0.3 is 5.97 Å². The smallest absolute Gasteiger partial charge is 0.306 e. The van der Waals surface area contributed by atoms with Gasteiger partial charge in [-0.15, -0.1) is 0 Å². The first kappa shape index (κ1) is 28.9. The molecule has 0 radical (unpaired) electrons. The van der Waals surface area contributed by atoms with Crippen LogP contribution in [0.15, 0.2) is 90.1 Å². The number of anilines is 2. The molecule has 0 saturated carbocycles. The van der Waals surface area contributed by atoms with Gasteiger partial charge in [0.05, 0.1) is 16.9 Å². The van der Waals surface area contributed by atoms with E-state index in [0.717, 1.165) is 39.7 Å². The summed E-state index contributed by atoms with van der Waals surface area (Å²) in [6.07, 6.45) is 3.07. The molecule has 1 unspecified atom stereocenters. The van der Waals surface area contributed by atoms with E-state index in [-0.39, 0.29) is 24.0 Å². The molecule has 3 aromatic carbocycles. The highest BCUT2D eigenvalue weighted by atomic mass is 32.2. The molecule has 9 nitrogen and oxygen atoms in total. The van der Waals surface area contributed by atoms with Gasteiger partial charge in [-0.25, -0.2) is 17.2 Å². The van der Waals surface area contributed by atoms with Crippen molar-refractivity contribution in [3.63, 3.8) is 0 Å². The van der Waals surface area contributed by atoms with Gasteiger partial charge in [-0.3, -0.25) is 24.3 Å². The quantitative estimate of drug-likeness (QED) is 0.216. The monoisotopic (exact) mass is 614 g/mol. The van der Waals surface area contributed by atoms with Crippen LogP contribution in [0.25, 0.3) is 33.2 Å². The number of pyridine rings is 2. The minimum absolute atomic E-state index is 0.141. The summed E-state index contributed by atoms with van der Waals surface area (Å²) in [6.45, 7) is 1.61. The van der Waals surface area contributed by atoms with E-state index in [4.69, 9.17) is 4.74 Å². The van der Waals surface area contributed by atoms with Crippen molar-refractivity contribution in [3.8, 4) is 22.3 Å². The van der Waals surface area contributed by atoms with E-state index in [1.807, 2.05) is 36.4 Å². The van der Waals surface area contributed by atoms with Gasteiger partial charge in [-0.05, 0) is 72.1 Å². The number of hydrogen-bond donors (Lipinski definition) is 2. The predicted octanol–water partition coefficient (Wildman–Crippen LogP) is 6.00. The number of carbonyl (C=O) groups is 2. The molecule has 6 rings (SSSR count). The summed E-state index contributed by atoms with van der Waals surface area (Å²) in [5.74, 6) is -2.85. The highest BCUT2D eigenvalue weighted by Crippen LogP contribution is 2.33. The number of nitrogens with one attached hydrogen (secondary N) is 2. The fourth-order valence-electron chi connectivity index (χ4n) is 4.93. The lowest BCUT2D eigenvalue weighted by Gasteiger charge is -2.14. The fourth-order valence-corrected chi connectivity index (χ4v) is 6.10. The van der Waals surface area contributed by atoms with Crippen LogP contribution in [0.2, 0.25) is 0 Å². The van der Waals surface area contributed by atoms with Gasteiger partial charge < -0.3 is 10.1 Å². The highest BCUT2D eigenvalue weighted by Gasteiger charge is 2.29. The van der Waals surface area contributed by atoms with Gasteiger partial charge in [0.2, 0.25) is 0 Å². The second-order valence-electron chi connectivity index (χ2n) is 10.2. The molecule has 0 bridgehead atoms. The number of carbonyl (C=O) groups excluding carboxylic acids is 2. The average Bonchev–Trinajstić information content (AvgIpc) is 3.44. The minimum atomic E-state index is -4.37. The summed E-state index contributed by atoms with van der Waals surface area (Å²) in [7, 11) is -4.37. The van der Waals surface area contributed by atoms with Crippen LogP contribution in [-0.4, -0.2) is 36.4 Å². The van der Waals surface area contributed by atoms with Crippen molar-refractivity contribution in [1.82, 2.24) is 9.97 Å². The van der Waals surface area contributed by atoms with Crippen LogP contribution in [0.1, 0.15) is 18.5 Å². The Kier molecular flexibility index (Phi) is 7.52. The Hall–Kier alpha value is -5.23. The Morgan fingerprint density at radius 1 is 0.932 bits per heavy atom. The molecule has 0 spiro atoms. The van der Waals surface area contributed by atoms with Crippen LogP contribution in [0.3, 0.4) is 0 Å². The Balaban J connectivity index is 1.29. The number of sulfonamides is 1. The summed E-state index contributed by atoms with van der Waals surface area (Å²) >= 11 is 0. The molecule has 1 aliphatic heterocycles. The Labute approximate surface area is 251 Å². The van der Waals surface area contributed by atoms with E-state index >= 15 is 0 Å². The zero-order valence-corrected chi connectivity index (χ0v) is 24.0. The number of amides is 1. The molecule has 5 aromatic rings. The first-order valence-corrected chi connectivity index (χ1v) is 15.0. The number of benzene rings is 3. The van der Waals surface area contributed by atoms with Crippen molar-refractivity contribution < 1.29 is 31.5 Å². The maximum atomic E-state index is 14.3. The van der Waals surface area contributed by atoms with E-state index in [1.165, 1.54) is 0 Å². The second kappa shape index (κ2) is 11.5. The second-order valence-corrected chi connectivity index (χ2v) is 11.9. The third kappa shape index (κ3) is 5.84. The van der Waals surface area contributed by atoms with Gasteiger partial charge in [-0.1, -0.05) is 18.2 Å². The summed E-state index contributed by atoms with van der Waals surface area (Å²) in [5.41, 5.74) is 4.83. The lowest BCUT2D eigenvalue weighted by atomic mass is 9.97. The zero-order chi connectivity index (χ0) is 31.0. The summed E-state index contributed by atoms with van der Waals surface area (Å²) < 4.78 is 60.8. The van der Waals surface area contributed by atoms with Crippen LogP contribution >= 0.6 is 0 Å². The molecule has 1 saturated heterocycles. The molecule has 1 aliphatic rings.